The topological polar surface area (TPSA) is 88.9 Å². The van der Waals surface area contributed by atoms with Crippen molar-refractivity contribution < 1.29 is 9.59 Å². The van der Waals surface area contributed by atoms with E-state index >= 15 is 0 Å². The molecule has 2 aromatic heterocycles. The third kappa shape index (κ3) is 6.34. The number of rotatable bonds is 8. The summed E-state index contributed by atoms with van der Waals surface area (Å²) in [5.74, 6) is -0.305. The number of hydrogen-bond acceptors (Lipinski definition) is 5. The van der Waals surface area contributed by atoms with E-state index in [9.17, 15) is 9.59 Å². The van der Waals surface area contributed by atoms with Crippen molar-refractivity contribution in [2.45, 2.75) is 40.8 Å². The second-order valence-electron chi connectivity index (χ2n) is 8.69. The fraction of sp³-hybridized carbons (Fsp3) is 0.214. The zero-order valence-corrected chi connectivity index (χ0v) is 21.6. The molecule has 0 aliphatic heterocycles. The average Bonchev–Trinajstić information content (AvgIpc) is 3.42. The molecule has 7 nitrogen and oxygen atoms in total. The summed E-state index contributed by atoms with van der Waals surface area (Å²) < 4.78 is 1.96. The first kappa shape index (κ1) is 25.1. The molecule has 2 heterocycles. The molecule has 0 bridgehead atoms. The lowest BCUT2D eigenvalue weighted by atomic mass is 10.1. The molecule has 0 fully saturated rings. The summed E-state index contributed by atoms with van der Waals surface area (Å²) in [7, 11) is 0. The summed E-state index contributed by atoms with van der Waals surface area (Å²) >= 11 is 1.37. The van der Waals surface area contributed by atoms with Gasteiger partial charge in [-0.1, -0.05) is 54.1 Å². The Kier molecular flexibility index (Phi) is 7.75. The summed E-state index contributed by atoms with van der Waals surface area (Å²) in [6, 6.07) is 16.2. The van der Waals surface area contributed by atoms with Crippen molar-refractivity contribution in [3.05, 3.63) is 93.6 Å². The zero-order chi connectivity index (χ0) is 25.7. The minimum Gasteiger partial charge on any atom is -0.352 e. The summed E-state index contributed by atoms with van der Waals surface area (Å²) in [4.78, 5) is 28.2. The van der Waals surface area contributed by atoms with Crippen molar-refractivity contribution in [2.75, 3.05) is 5.32 Å². The van der Waals surface area contributed by atoms with Gasteiger partial charge in [0.25, 0.3) is 0 Å². The first-order valence-electron chi connectivity index (χ1n) is 11.7. The van der Waals surface area contributed by atoms with E-state index in [1.54, 1.807) is 6.08 Å². The minimum atomic E-state index is -0.244. The smallest absolute Gasteiger partial charge is 0.250 e. The van der Waals surface area contributed by atoms with Crippen molar-refractivity contribution in [1.29, 1.82) is 0 Å². The monoisotopic (exact) mass is 499 g/mol. The number of thiazole rings is 1. The van der Waals surface area contributed by atoms with Gasteiger partial charge in [-0.05, 0) is 38.0 Å². The van der Waals surface area contributed by atoms with Crippen LogP contribution in [-0.2, 0) is 22.7 Å². The normalized spacial score (nSPS) is 11.1. The molecule has 0 spiro atoms. The van der Waals surface area contributed by atoms with E-state index in [1.165, 1.54) is 35.5 Å². The summed E-state index contributed by atoms with van der Waals surface area (Å²) in [6.07, 6.45) is 3.33. The minimum absolute atomic E-state index is 0.0607. The highest BCUT2D eigenvalue weighted by molar-refractivity contribution is 7.14. The standard InChI is InChI=1S/C28H29N5O2S/c1-18-5-7-23(8-6-18)16-33-20(3)25(19(2)32-33)13-14-27(35)31-28-30-26(17-36-28)24-11-9-22(10-12-24)15-29-21(4)34/h5-14,17H,15-16H2,1-4H3,(H,29,34)(H,30,31,35)/b14-13+. The van der Waals surface area contributed by atoms with Gasteiger partial charge in [0.2, 0.25) is 11.8 Å². The number of aromatic nitrogens is 3. The van der Waals surface area contributed by atoms with Crippen LogP contribution in [0.1, 0.15) is 40.6 Å². The highest BCUT2D eigenvalue weighted by atomic mass is 32.1. The Hall–Kier alpha value is -4.04. The van der Waals surface area contributed by atoms with Crippen molar-refractivity contribution in [2.24, 2.45) is 0 Å². The van der Waals surface area contributed by atoms with Crippen LogP contribution in [0.2, 0.25) is 0 Å². The predicted octanol–water partition coefficient (Wildman–Crippen LogP) is 5.27. The largest absolute Gasteiger partial charge is 0.352 e. The van der Waals surface area contributed by atoms with Gasteiger partial charge >= 0.3 is 0 Å². The van der Waals surface area contributed by atoms with Gasteiger partial charge in [0.15, 0.2) is 5.13 Å². The van der Waals surface area contributed by atoms with E-state index in [0.29, 0.717) is 18.2 Å². The third-order valence-corrected chi connectivity index (χ3v) is 6.57. The van der Waals surface area contributed by atoms with Crippen molar-refractivity contribution in [3.8, 4) is 11.3 Å². The molecule has 0 unspecified atom stereocenters. The molecular formula is C28H29N5O2S. The molecule has 2 N–H and O–H groups in total. The second kappa shape index (κ2) is 11.1. The molecule has 4 rings (SSSR count). The summed E-state index contributed by atoms with van der Waals surface area (Å²) in [6.45, 7) is 8.71. The van der Waals surface area contributed by atoms with Crippen LogP contribution in [0.25, 0.3) is 17.3 Å². The number of carbonyl (C=O) groups excluding carboxylic acids is 2. The molecule has 4 aromatic rings. The highest BCUT2D eigenvalue weighted by Crippen LogP contribution is 2.25. The SMILES string of the molecule is CC(=O)NCc1ccc(-c2csc(NC(=O)/C=C/c3c(C)nn(Cc4ccc(C)cc4)c3C)n2)cc1. The van der Waals surface area contributed by atoms with Crippen LogP contribution in [0.4, 0.5) is 5.13 Å². The van der Waals surface area contributed by atoms with Crippen LogP contribution in [0.15, 0.2) is 60.0 Å². The van der Waals surface area contributed by atoms with Crippen LogP contribution in [0, 0.1) is 20.8 Å². The number of anilines is 1. The van der Waals surface area contributed by atoms with Gasteiger partial charge in [-0.15, -0.1) is 11.3 Å². The maximum Gasteiger partial charge on any atom is 0.250 e. The van der Waals surface area contributed by atoms with E-state index in [2.05, 4.69) is 51.9 Å². The Morgan fingerprint density at radius 3 is 2.39 bits per heavy atom. The molecule has 0 atom stereocenters. The van der Waals surface area contributed by atoms with Gasteiger partial charge in [-0.2, -0.15) is 5.10 Å². The van der Waals surface area contributed by atoms with Gasteiger partial charge < -0.3 is 5.32 Å². The lowest BCUT2D eigenvalue weighted by molar-refractivity contribution is -0.119. The molecule has 2 amide bonds. The highest BCUT2D eigenvalue weighted by Gasteiger charge is 2.11. The van der Waals surface area contributed by atoms with Gasteiger partial charge in [0.05, 0.1) is 17.9 Å². The predicted molar refractivity (Wildman–Crippen MR) is 145 cm³/mol. The number of benzene rings is 2. The molecular weight excluding hydrogens is 470 g/mol. The van der Waals surface area contributed by atoms with E-state index in [1.807, 2.05) is 48.2 Å². The Bertz CT molecular complexity index is 1400. The molecule has 0 radical (unpaired) electrons. The Balaban J connectivity index is 1.38. The second-order valence-corrected chi connectivity index (χ2v) is 9.55. The first-order chi connectivity index (χ1) is 17.3. The van der Waals surface area contributed by atoms with E-state index in [4.69, 9.17) is 0 Å². The molecule has 184 valence electrons. The van der Waals surface area contributed by atoms with E-state index < -0.39 is 0 Å². The van der Waals surface area contributed by atoms with Crippen molar-refractivity contribution >= 4 is 34.4 Å². The fourth-order valence-electron chi connectivity index (χ4n) is 3.76. The Labute approximate surface area is 214 Å². The third-order valence-electron chi connectivity index (χ3n) is 5.82. The number of aryl methyl sites for hydroxylation is 2. The Morgan fingerprint density at radius 1 is 1.00 bits per heavy atom. The molecule has 2 aromatic carbocycles. The van der Waals surface area contributed by atoms with Gasteiger partial charge in [-0.3, -0.25) is 19.6 Å². The van der Waals surface area contributed by atoms with Crippen molar-refractivity contribution in [3.63, 3.8) is 0 Å². The van der Waals surface area contributed by atoms with Crippen molar-refractivity contribution in [1.82, 2.24) is 20.1 Å². The lowest BCUT2D eigenvalue weighted by Crippen LogP contribution is -2.18. The van der Waals surface area contributed by atoms with Crippen LogP contribution in [0.3, 0.4) is 0 Å². The summed E-state index contributed by atoms with van der Waals surface area (Å²) in [5.41, 5.74) is 7.98. The van der Waals surface area contributed by atoms with Gasteiger partial charge in [0.1, 0.15) is 0 Å². The maximum atomic E-state index is 12.6. The molecule has 8 heteroatoms. The molecule has 0 aliphatic carbocycles. The van der Waals surface area contributed by atoms with Gasteiger partial charge in [-0.25, -0.2) is 4.98 Å². The van der Waals surface area contributed by atoms with Crippen LogP contribution in [0.5, 0.6) is 0 Å². The van der Waals surface area contributed by atoms with Gasteiger partial charge in [0, 0.05) is 41.7 Å². The van der Waals surface area contributed by atoms with Crippen LogP contribution in [-0.4, -0.2) is 26.6 Å². The number of carbonyl (C=O) groups is 2. The first-order valence-corrected chi connectivity index (χ1v) is 12.5. The number of nitrogens with zero attached hydrogens (tertiary/aromatic N) is 3. The fourth-order valence-corrected chi connectivity index (χ4v) is 4.48. The average molecular weight is 500 g/mol. The quantitative estimate of drug-likeness (QED) is 0.323. The van der Waals surface area contributed by atoms with E-state index in [0.717, 1.165) is 33.8 Å². The molecule has 36 heavy (non-hydrogen) atoms. The number of amides is 2. The summed E-state index contributed by atoms with van der Waals surface area (Å²) in [5, 5.41) is 12.7. The zero-order valence-electron chi connectivity index (χ0n) is 20.8. The number of nitrogens with one attached hydrogen (secondary N) is 2. The molecule has 0 saturated heterocycles. The lowest BCUT2D eigenvalue weighted by Gasteiger charge is -2.05. The van der Waals surface area contributed by atoms with Crippen LogP contribution >= 0.6 is 11.3 Å². The Morgan fingerprint density at radius 2 is 1.69 bits per heavy atom. The van der Waals surface area contributed by atoms with Crippen LogP contribution < -0.4 is 10.6 Å². The maximum absolute atomic E-state index is 12.6. The number of hydrogen-bond donors (Lipinski definition) is 2. The molecule has 0 aliphatic rings. The molecule has 0 saturated carbocycles. The van der Waals surface area contributed by atoms with E-state index in [-0.39, 0.29) is 11.8 Å².